The molecule has 2 heterocycles. The van der Waals surface area contributed by atoms with Crippen molar-refractivity contribution in [1.82, 2.24) is 4.31 Å². The summed E-state index contributed by atoms with van der Waals surface area (Å²) in [5, 5.41) is 0. The van der Waals surface area contributed by atoms with Crippen LogP contribution >= 0.6 is 0 Å². The van der Waals surface area contributed by atoms with E-state index in [1.54, 1.807) is 23.1 Å². The number of hydrogen-bond acceptors (Lipinski definition) is 5. The molecule has 1 amide bonds. The molecule has 4 rings (SSSR count). The first-order valence-corrected chi connectivity index (χ1v) is 11.1. The van der Waals surface area contributed by atoms with E-state index >= 15 is 0 Å². The van der Waals surface area contributed by atoms with Crippen LogP contribution in [0.1, 0.15) is 15.9 Å². The third-order valence-electron chi connectivity index (χ3n) is 5.46. The Hall–Kier alpha value is -2.42. The van der Waals surface area contributed by atoms with Gasteiger partial charge in [-0.05, 0) is 54.4 Å². The van der Waals surface area contributed by atoms with Gasteiger partial charge in [-0.1, -0.05) is 0 Å². The molecule has 2 aromatic rings. The molecule has 8 heteroatoms. The number of sulfonamides is 1. The molecule has 0 unspecified atom stereocenters. The minimum atomic E-state index is -3.49. The summed E-state index contributed by atoms with van der Waals surface area (Å²) in [6.07, 6.45) is 0.643. The van der Waals surface area contributed by atoms with Gasteiger partial charge in [-0.15, -0.1) is 0 Å². The molecule has 0 N–H and O–H groups in total. The Balaban J connectivity index is 1.54. The summed E-state index contributed by atoms with van der Waals surface area (Å²) in [6, 6.07) is 12.6. The van der Waals surface area contributed by atoms with E-state index in [4.69, 9.17) is 4.74 Å². The topological polar surface area (TPSA) is 70.2 Å². The van der Waals surface area contributed by atoms with Crippen molar-refractivity contribution in [3.05, 3.63) is 53.6 Å². The second-order valence-corrected chi connectivity index (χ2v) is 9.58. The highest BCUT2D eigenvalue weighted by molar-refractivity contribution is 7.89. The predicted octanol–water partition coefficient (Wildman–Crippen LogP) is 1.98. The zero-order valence-electron chi connectivity index (χ0n) is 16.7. The first kappa shape index (κ1) is 19.9. The molecule has 0 aromatic heterocycles. The molecule has 7 nitrogen and oxygen atoms in total. The molecule has 1 fully saturated rings. The number of carbonyl (C=O) groups is 1. The molecule has 2 aliphatic heterocycles. The van der Waals surface area contributed by atoms with Crippen molar-refractivity contribution >= 4 is 27.3 Å². The van der Waals surface area contributed by atoms with Crippen LogP contribution in [0.25, 0.3) is 0 Å². The third kappa shape index (κ3) is 3.75. The van der Waals surface area contributed by atoms with E-state index in [1.807, 2.05) is 24.3 Å². The molecule has 29 heavy (non-hydrogen) atoms. The third-order valence-corrected chi connectivity index (χ3v) is 7.27. The van der Waals surface area contributed by atoms with E-state index in [-0.39, 0.29) is 10.8 Å². The number of hydrogen-bond donors (Lipinski definition) is 0. The van der Waals surface area contributed by atoms with Crippen LogP contribution in [0.15, 0.2) is 47.4 Å². The normalized spacial score (nSPS) is 16.9. The number of carbonyl (C=O) groups excluding carboxylic acids is 1. The largest absolute Gasteiger partial charge is 0.378 e. The van der Waals surface area contributed by atoms with E-state index in [2.05, 4.69) is 4.90 Å². The van der Waals surface area contributed by atoms with Crippen molar-refractivity contribution < 1.29 is 17.9 Å². The van der Waals surface area contributed by atoms with Gasteiger partial charge in [0.2, 0.25) is 10.0 Å². The number of morpholine rings is 1. The van der Waals surface area contributed by atoms with Crippen molar-refractivity contribution in [2.75, 3.05) is 56.7 Å². The van der Waals surface area contributed by atoms with Gasteiger partial charge in [-0.25, -0.2) is 12.7 Å². The van der Waals surface area contributed by atoms with Crippen LogP contribution in [-0.2, 0) is 21.2 Å². The van der Waals surface area contributed by atoms with Crippen LogP contribution in [0.3, 0.4) is 0 Å². The molecule has 0 saturated carbocycles. The lowest BCUT2D eigenvalue weighted by Gasteiger charge is -2.29. The van der Waals surface area contributed by atoms with Gasteiger partial charge in [0.1, 0.15) is 0 Å². The summed E-state index contributed by atoms with van der Waals surface area (Å²) in [7, 11) is -0.462. The van der Waals surface area contributed by atoms with E-state index in [9.17, 15) is 13.2 Å². The molecule has 0 bridgehead atoms. The second kappa shape index (κ2) is 7.78. The Morgan fingerprint density at radius 2 is 1.69 bits per heavy atom. The molecule has 0 radical (unpaired) electrons. The molecule has 154 valence electrons. The smallest absolute Gasteiger partial charge is 0.258 e. The number of amides is 1. The molecule has 2 aromatic carbocycles. The van der Waals surface area contributed by atoms with Crippen molar-refractivity contribution in [3.63, 3.8) is 0 Å². The summed E-state index contributed by atoms with van der Waals surface area (Å²) >= 11 is 0. The molecular weight excluding hydrogens is 390 g/mol. The molecule has 2 aliphatic rings. The van der Waals surface area contributed by atoms with Gasteiger partial charge in [-0.3, -0.25) is 4.79 Å². The summed E-state index contributed by atoms with van der Waals surface area (Å²) in [4.78, 5) is 17.3. The van der Waals surface area contributed by atoms with E-state index in [1.165, 1.54) is 18.4 Å². The Labute approximate surface area is 171 Å². The number of benzene rings is 2. The fraction of sp³-hybridized carbons (Fsp3) is 0.381. The minimum absolute atomic E-state index is 0.0690. The lowest BCUT2D eigenvalue weighted by atomic mass is 10.1. The van der Waals surface area contributed by atoms with Crippen LogP contribution in [0, 0.1) is 0 Å². The summed E-state index contributed by atoms with van der Waals surface area (Å²) in [5.41, 5.74) is 3.38. The molecule has 0 aliphatic carbocycles. The van der Waals surface area contributed by atoms with Crippen molar-refractivity contribution in [1.29, 1.82) is 0 Å². The highest BCUT2D eigenvalue weighted by atomic mass is 32.2. The second-order valence-electron chi connectivity index (χ2n) is 7.43. The first-order valence-electron chi connectivity index (χ1n) is 9.68. The highest BCUT2D eigenvalue weighted by Crippen LogP contribution is 2.32. The number of anilines is 2. The summed E-state index contributed by atoms with van der Waals surface area (Å²) < 4.78 is 31.3. The van der Waals surface area contributed by atoms with Gasteiger partial charge in [0.25, 0.3) is 5.91 Å². The van der Waals surface area contributed by atoms with Gasteiger partial charge >= 0.3 is 0 Å². The van der Waals surface area contributed by atoms with Crippen molar-refractivity contribution in [3.8, 4) is 0 Å². The number of ether oxygens (including phenoxy) is 1. The average Bonchev–Trinajstić information content (AvgIpc) is 3.17. The summed E-state index contributed by atoms with van der Waals surface area (Å²) in [6.45, 7) is 3.69. The van der Waals surface area contributed by atoms with Gasteiger partial charge in [0.05, 0.1) is 18.1 Å². The van der Waals surface area contributed by atoms with Crippen LogP contribution in [-0.4, -0.2) is 65.6 Å². The molecule has 1 saturated heterocycles. The van der Waals surface area contributed by atoms with Gasteiger partial charge in [-0.2, -0.15) is 0 Å². The van der Waals surface area contributed by atoms with Crippen molar-refractivity contribution in [2.45, 2.75) is 11.3 Å². The van der Waals surface area contributed by atoms with Gasteiger partial charge < -0.3 is 14.5 Å². The monoisotopic (exact) mass is 415 g/mol. The van der Waals surface area contributed by atoms with Gasteiger partial charge in [0, 0.05) is 50.7 Å². The summed E-state index contributed by atoms with van der Waals surface area (Å²) in [5.74, 6) is -0.0690. The lowest BCUT2D eigenvalue weighted by Crippen LogP contribution is -2.36. The molecule has 0 spiro atoms. The number of nitrogens with zero attached hydrogens (tertiary/aromatic N) is 3. The quantitative estimate of drug-likeness (QED) is 0.764. The maximum absolute atomic E-state index is 13.1. The van der Waals surface area contributed by atoms with Gasteiger partial charge in [0.15, 0.2) is 0 Å². The van der Waals surface area contributed by atoms with Crippen LogP contribution in [0.4, 0.5) is 11.4 Å². The van der Waals surface area contributed by atoms with Crippen LogP contribution < -0.4 is 9.80 Å². The number of fused-ring (bicyclic) bond motifs is 1. The average molecular weight is 416 g/mol. The molecule has 0 atom stereocenters. The Bertz CT molecular complexity index is 1010. The standard InChI is InChI=1S/C21H25N3O4S/c1-22(2)29(26,27)19-7-8-20-17(15-19)9-10-24(20)21(25)16-3-5-18(6-4-16)23-11-13-28-14-12-23/h3-8,15H,9-14H2,1-2H3. The van der Waals surface area contributed by atoms with E-state index < -0.39 is 10.0 Å². The maximum Gasteiger partial charge on any atom is 0.258 e. The fourth-order valence-corrected chi connectivity index (χ4v) is 4.71. The minimum Gasteiger partial charge on any atom is -0.378 e. The number of rotatable bonds is 4. The highest BCUT2D eigenvalue weighted by Gasteiger charge is 2.28. The Morgan fingerprint density at radius 1 is 1.00 bits per heavy atom. The van der Waals surface area contributed by atoms with Crippen LogP contribution in [0.2, 0.25) is 0 Å². The van der Waals surface area contributed by atoms with E-state index in [0.717, 1.165) is 43.2 Å². The Morgan fingerprint density at radius 3 is 2.34 bits per heavy atom. The zero-order chi connectivity index (χ0) is 20.6. The molecular formula is C21H25N3O4S. The predicted molar refractivity (Wildman–Crippen MR) is 112 cm³/mol. The lowest BCUT2D eigenvalue weighted by molar-refractivity contribution is 0.0989. The SMILES string of the molecule is CN(C)S(=O)(=O)c1ccc2c(c1)CCN2C(=O)c1ccc(N2CCOCC2)cc1. The Kier molecular flexibility index (Phi) is 5.33. The maximum atomic E-state index is 13.1. The van der Waals surface area contributed by atoms with E-state index in [0.29, 0.717) is 18.5 Å². The van der Waals surface area contributed by atoms with Crippen molar-refractivity contribution in [2.24, 2.45) is 0 Å². The first-order chi connectivity index (χ1) is 13.9. The fourth-order valence-electron chi connectivity index (χ4n) is 3.75. The zero-order valence-corrected chi connectivity index (χ0v) is 17.5. The van der Waals surface area contributed by atoms with Crippen LogP contribution in [0.5, 0.6) is 0 Å².